The van der Waals surface area contributed by atoms with Crippen molar-refractivity contribution in [1.82, 2.24) is 20.1 Å². The molecule has 1 aliphatic rings. The van der Waals surface area contributed by atoms with E-state index in [9.17, 15) is 9.59 Å². The number of H-pyrrole nitrogens is 1. The lowest BCUT2D eigenvalue weighted by molar-refractivity contribution is -0.143. The number of carbonyl (C=O) groups is 2. The Morgan fingerprint density at radius 1 is 1.30 bits per heavy atom. The summed E-state index contributed by atoms with van der Waals surface area (Å²) >= 11 is 0. The van der Waals surface area contributed by atoms with Gasteiger partial charge in [0.2, 0.25) is 0 Å². The smallest absolute Gasteiger partial charge is 0.308 e. The minimum Gasteiger partial charge on any atom is -0.481 e. The van der Waals surface area contributed by atoms with Gasteiger partial charge in [-0.25, -0.2) is 4.98 Å². The molecule has 1 fully saturated rings. The summed E-state index contributed by atoms with van der Waals surface area (Å²) in [6, 6.07) is 7.06. The summed E-state index contributed by atoms with van der Waals surface area (Å²) < 4.78 is 0. The number of aromatic nitrogens is 3. The fraction of sp³-hybridized carbons (Fsp3) is 0.375. The Bertz CT molecular complexity index is 723. The van der Waals surface area contributed by atoms with Crippen LogP contribution in [0.15, 0.2) is 24.3 Å². The summed E-state index contributed by atoms with van der Waals surface area (Å²) in [4.78, 5) is 29.5. The number of hydrogen-bond donors (Lipinski definition) is 2. The van der Waals surface area contributed by atoms with Gasteiger partial charge in [-0.15, -0.1) is 0 Å². The number of aryl methyl sites for hydroxylation is 1. The van der Waals surface area contributed by atoms with Gasteiger partial charge in [-0.05, 0) is 31.9 Å². The first kappa shape index (κ1) is 15.2. The number of rotatable bonds is 3. The van der Waals surface area contributed by atoms with Gasteiger partial charge >= 0.3 is 5.97 Å². The number of aliphatic carboxylic acids is 1. The standard InChI is InChI=1S/C16H18N4O3/c1-10-17-14(19-18-10)11-4-6-12(7-5-11)15(21)20-8-2-3-13(9-20)16(22)23/h4-7,13H,2-3,8-9H2,1H3,(H,22,23)(H,17,18,19). The fourth-order valence-corrected chi connectivity index (χ4v) is 2.78. The molecular weight excluding hydrogens is 296 g/mol. The van der Waals surface area contributed by atoms with E-state index in [1.165, 1.54) is 0 Å². The van der Waals surface area contributed by atoms with E-state index in [0.29, 0.717) is 24.4 Å². The summed E-state index contributed by atoms with van der Waals surface area (Å²) in [6.45, 7) is 2.70. The molecule has 120 valence electrons. The lowest BCUT2D eigenvalue weighted by atomic mass is 9.97. The zero-order chi connectivity index (χ0) is 16.4. The van der Waals surface area contributed by atoms with Crippen LogP contribution in [0.3, 0.4) is 0 Å². The van der Waals surface area contributed by atoms with Crippen LogP contribution >= 0.6 is 0 Å². The number of carboxylic acids is 1. The van der Waals surface area contributed by atoms with E-state index in [0.717, 1.165) is 17.8 Å². The molecule has 1 aliphatic heterocycles. The van der Waals surface area contributed by atoms with Crippen LogP contribution in [0.4, 0.5) is 0 Å². The fourth-order valence-electron chi connectivity index (χ4n) is 2.78. The normalized spacial score (nSPS) is 18.0. The molecule has 0 spiro atoms. The number of hydrogen-bond acceptors (Lipinski definition) is 4. The maximum atomic E-state index is 12.5. The largest absolute Gasteiger partial charge is 0.481 e. The highest BCUT2D eigenvalue weighted by molar-refractivity contribution is 5.95. The Morgan fingerprint density at radius 3 is 2.65 bits per heavy atom. The molecule has 0 aliphatic carbocycles. The molecule has 7 nitrogen and oxygen atoms in total. The van der Waals surface area contributed by atoms with Gasteiger partial charge in [-0.2, -0.15) is 5.10 Å². The van der Waals surface area contributed by atoms with Gasteiger partial charge in [0.05, 0.1) is 5.92 Å². The first-order valence-corrected chi connectivity index (χ1v) is 7.56. The molecule has 7 heteroatoms. The van der Waals surface area contributed by atoms with Crippen LogP contribution < -0.4 is 0 Å². The van der Waals surface area contributed by atoms with E-state index < -0.39 is 11.9 Å². The van der Waals surface area contributed by atoms with Crippen molar-refractivity contribution < 1.29 is 14.7 Å². The molecule has 0 radical (unpaired) electrons. The molecule has 23 heavy (non-hydrogen) atoms. The first-order chi connectivity index (χ1) is 11.0. The number of piperidine rings is 1. The zero-order valence-corrected chi connectivity index (χ0v) is 12.8. The minimum absolute atomic E-state index is 0.131. The highest BCUT2D eigenvalue weighted by Gasteiger charge is 2.28. The summed E-state index contributed by atoms with van der Waals surface area (Å²) in [5.41, 5.74) is 1.38. The average Bonchev–Trinajstić information content (AvgIpc) is 3.01. The first-order valence-electron chi connectivity index (χ1n) is 7.56. The van der Waals surface area contributed by atoms with Crippen LogP contribution in [-0.4, -0.2) is 50.2 Å². The molecule has 1 atom stereocenters. The summed E-state index contributed by atoms with van der Waals surface area (Å²) in [5, 5.41) is 16.0. The van der Waals surface area contributed by atoms with Crippen molar-refractivity contribution in [1.29, 1.82) is 0 Å². The van der Waals surface area contributed by atoms with Crippen molar-refractivity contribution in [3.05, 3.63) is 35.7 Å². The average molecular weight is 314 g/mol. The highest BCUT2D eigenvalue weighted by atomic mass is 16.4. The maximum Gasteiger partial charge on any atom is 0.308 e. The summed E-state index contributed by atoms with van der Waals surface area (Å²) in [6.07, 6.45) is 1.35. The lowest BCUT2D eigenvalue weighted by Gasteiger charge is -2.30. The van der Waals surface area contributed by atoms with Crippen molar-refractivity contribution >= 4 is 11.9 Å². The van der Waals surface area contributed by atoms with Gasteiger partial charge in [0.1, 0.15) is 5.82 Å². The predicted molar refractivity (Wildman–Crippen MR) is 82.8 cm³/mol. The van der Waals surface area contributed by atoms with Crippen molar-refractivity contribution in [2.75, 3.05) is 13.1 Å². The number of benzene rings is 1. The zero-order valence-electron chi connectivity index (χ0n) is 12.8. The molecule has 1 aromatic carbocycles. The number of aromatic amines is 1. The number of carbonyl (C=O) groups excluding carboxylic acids is 1. The van der Waals surface area contributed by atoms with Crippen LogP contribution in [-0.2, 0) is 4.79 Å². The van der Waals surface area contributed by atoms with Crippen molar-refractivity contribution in [3.63, 3.8) is 0 Å². The second kappa shape index (κ2) is 6.20. The molecule has 0 bridgehead atoms. The second-order valence-corrected chi connectivity index (χ2v) is 5.75. The maximum absolute atomic E-state index is 12.5. The third-order valence-corrected chi connectivity index (χ3v) is 4.05. The van der Waals surface area contributed by atoms with Crippen molar-refractivity contribution in [2.24, 2.45) is 5.92 Å². The van der Waals surface area contributed by atoms with Crippen LogP contribution in [0, 0.1) is 12.8 Å². The Kier molecular flexibility index (Phi) is 4.10. The summed E-state index contributed by atoms with van der Waals surface area (Å²) in [5.74, 6) is -0.117. The topological polar surface area (TPSA) is 99.2 Å². The molecule has 2 heterocycles. The number of likely N-dealkylation sites (tertiary alicyclic amines) is 1. The monoisotopic (exact) mass is 314 g/mol. The van der Waals surface area contributed by atoms with Crippen molar-refractivity contribution in [3.8, 4) is 11.4 Å². The Morgan fingerprint density at radius 2 is 2.04 bits per heavy atom. The Labute approximate surface area is 133 Å². The van der Waals surface area contributed by atoms with Crippen molar-refractivity contribution in [2.45, 2.75) is 19.8 Å². The van der Waals surface area contributed by atoms with E-state index >= 15 is 0 Å². The Hall–Kier alpha value is -2.70. The molecule has 0 saturated carbocycles. The van der Waals surface area contributed by atoms with Crippen LogP contribution in [0.5, 0.6) is 0 Å². The molecule has 1 amide bonds. The van der Waals surface area contributed by atoms with Gasteiger partial charge in [-0.3, -0.25) is 14.7 Å². The van der Waals surface area contributed by atoms with Gasteiger partial charge in [0.15, 0.2) is 5.82 Å². The van der Waals surface area contributed by atoms with E-state index in [-0.39, 0.29) is 12.5 Å². The molecule has 1 aromatic heterocycles. The van der Waals surface area contributed by atoms with E-state index in [1.54, 1.807) is 29.2 Å². The quantitative estimate of drug-likeness (QED) is 0.898. The van der Waals surface area contributed by atoms with Gasteiger partial charge < -0.3 is 10.0 Å². The molecule has 3 rings (SSSR count). The van der Waals surface area contributed by atoms with Gasteiger partial charge in [0, 0.05) is 24.2 Å². The SMILES string of the molecule is Cc1nc(-c2ccc(C(=O)N3CCCC(C(=O)O)C3)cc2)n[nH]1. The number of carboxylic acid groups (broad SMARTS) is 1. The van der Waals surface area contributed by atoms with Crippen LogP contribution in [0.25, 0.3) is 11.4 Å². The van der Waals surface area contributed by atoms with Gasteiger partial charge in [0.25, 0.3) is 5.91 Å². The van der Waals surface area contributed by atoms with Crippen LogP contribution in [0.2, 0.25) is 0 Å². The van der Waals surface area contributed by atoms with E-state index in [2.05, 4.69) is 15.2 Å². The van der Waals surface area contributed by atoms with Crippen LogP contribution in [0.1, 0.15) is 29.0 Å². The molecule has 2 aromatic rings. The molecule has 1 saturated heterocycles. The lowest BCUT2D eigenvalue weighted by Crippen LogP contribution is -2.42. The number of nitrogens with zero attached hydrogens (tertiary/aromatic N) is 3. The number of amides is 1. The molecule has 1 unspecified atom stereocenters. The molecular formula is C16H18N4O3. The Balaban J connectivity index is 1.74. The third kappa shape index (κ3) is 3.23. The second-order valence-electron chi connectivity index (χ2n) is 5.75. The minimum atomic E-state index is -0.835. The number of nitrogens with one attached hydrogen (secondary N) is 1. The van der Waals surface area contributed by atoms with E-state index in [4.69, 9.17) is 5.11 Å². The van der Waals surface area contributed by atoms with E-state index in [1.807, 2.05) is 6.92 Å². The summed E-state index contributed by atoms with van der Waals surface area (Å²) in [7, 11) is 0. The predicted octanol–water partition coefficient (Wildman–Crippen LogP) is 1.72. The highest BCUT2D eigenvalue weighted by Crippen LogP contribution is 2.20. The molecule has 2 N–H and O–H groups in total. The van der Waals surface area contributed by atoms with Gasteiger partial charge in [-0.1, -0.05) is 12.1 Å². The third-order valence-electron chi connectivity index (χ3n) is 4.05.